The molecule has 0 amide bonds. The summed E-state index contributed by atoms with van der Waals surface area (Å²) in [7, 11) is 0. The van der Waals surface area contributed by atoms with Crippen LogP contribution in [0.5, 0.6) is 0 Å². The summed E-state index contributed by atoms with van der Waals surface area (Å²) < 4.78 is 13.0. The van der Waals surface area contributed by atoms with E-state index in [4.69, 9.17) is 5.11 Å². The fourth-order valence-electron chi connectivity index (χ4n) is 1.89. The Morgan fingerprint density at radius 1 is 1.57 bits per heavy atom. The van der Waals surface area contributed by atoms with Crippen LogP contribution < -0.4 is 5.32 Å². The van der Waals surface area contributed by atoms with Gasteiger partial charge in [-0.1, -0.05) is 0 Å². The summed E-state index contributed by atoms with van der Waals surface area (Å²) in [6.07, 6.45) is -0.726. The molecule has 0 fully saturated rings. The number of alkyl halides is 1. The molecule has 0 aromatic rings. The number of carboxylic acid groups (broad SMARTS) is 1. The molecule has 2 N–H and O–H groups in total. The summed E-state index contributed by atoms with van der Waals surface area (Å²) in [6, 6.07) is -0.755. The standard InChI is InChI=1S/C9H10FNO3/c10-5-1-2-6-4(8(5)12)3-7(11-6)9(13)14/h5,7,11H,1-3H2,(H,13,14). The van der Waals surface area contributed by atoms with Gasteiger partial charge in [-0.15, -0.1) is 0 Å². The Hall–Kier alpha value is -1.39. The van der Waals surface area contributed by atoms with Crippen molar-refractivity contribution in [3.05, 3.63) is 11.3 Å². The van der Waals surface area contributed by atoms with E-state index in [-0.39, 0.29) is 12.8 Å². The van der Waals surface area contributed by atoms with Crippen molar-refractivity contribution in [3.8, 4) is 0 Å². The van der Waals surface area contributed by atoms with Gasteiger partial charge < -0.3 is 10.4 Å². The monoisotopic (exact) mass is 199 g/mol. The van der Waals surface area contributed by atoms with Crippen molar-refractivity contribution in [3.63, 3.8) is 0 Å². The number of ketones is 1. The minimum Gasteiger partial charge on any atom is -0.480 e. The fraction of sp³-hybridized carbons (Fsp3) is 0.556. The lowest BCUT2D eigenvalue weighted by Crippen LogP contribution is -2.31. The van der Waals surface area contributed by atoms with Crippen molar-refractivity contribution in [2.45, 2.75) is 31.5 Å². The van der Waals surface area contributed by atoms with Crippen LogP contribution in [-0.2, 0) is 9.59 Å². The summed E-state index contributed by atoms with van der Waals surface area (Å²) in [5.74, 6) is -1.54. The molecule has 76 valence electrons. The Morgan fingerprint density at radius 3 is 2.93 bits per heavy atom. The molecule has 1 aliphatic carbocycles. The Labute approximate surface area is 79.8 Å². The van der Waals surface area contributed by atoms with E-state index in [1.54, 1.807) is 0 Å². The van der Waals surface area contributed by atoms with Gasteiger partial charge in [0.05, 0.1) is 0 Å². The highest BCUT2D eigenvalue weighted by molar-refractivity contribution is 6.01. The van der Waals surface area contributed by atoms with Crippen LogP contribution in [0.25, 0.3) is 0 Å². The number of carbonyl (C=O) groups excluding carboxylic acids is 1. The zero-order valence-corrected chi connectivity index (χ0v) is 7.42. The number of Topliss-reactive ketones (excluding diaryl/α,β-unsaturated/α-hetero) is 1. The number of rotatable bonds is 1. The molecule has 5 heteroatoms. The zero-order chi connectivity index (χ0) is 10.3. The maximum absolute atomic E-state index is 13.0. The number of aliphatic carboxylic acids is 1. The van der Waals surface area contributed by atoms with Gasteiger partial charge in [0.1, 0.15) is 6.04 Å². The lowest BCUT2D eigenvalue weighted by molar-refractivity contribution is -0.138. The third-order valence-electron chi connectivity index (χ3n) is 2.65. The van der Waals surface area contributed by atoms with E-state index in [9.17, 15) is 14.0 Å². The van der Waals surface area contributed by atoms with E-state index >= 15 is 0 Å². The molecule has 0 radical (unpaired) electrons. The van der Waals surface area contributed by atoms with Crippen LogP contribution in [0.4, 0.5) is 4.39 Å². The number of carboxylic acids is 1. The van der Waals surface area contributed by atoms with Crippen molar-refractivity contribution in [1.29, 1.82) is 0 Å². The van der Waals surface area contributed by atoms with Crippen molar-refractivity contribution in [2.24, 2.45) is 0 Å². The second kappa shape index (κ2) is 3.08. The van der Waals surface area contributed by atoms with E-state index in [2.05, 4.69) is 5.32 Å². The molecule has 4 nitrogen and oxygen atoms in total. The van der Waals surface area contributed by atoms with Crippen LogP contribution in [0.1, 0.15) is 19.3 Å². The molecular formula is C9H10FNO3. The molecule has 1 aliphatic heterocycles. The van der Waals surface area contributed by atoms with Crippen molar-refractivity contribution >= 4 is 11.8 Å². The molecule has 2 aliphatic rings. The predicted octanol–water partition coefficient (Wildman–Crippen LogP) is 0.388. The molecule has 0 saturated carbocycles. The highest BCUT2D eigenvalue weighted by Crippen LogP contribution is 2.30. The normalized spacial score (nSPS) is 31.4. The number of hydrogen-bond acceptors (Lipinski definition) is 3. The van der Waals surface area contributed by atoms with Crippen LogP contribution in [0, 0.1) is 0 Å². The first kappa shape index (κ1) is 9.18. The number of hydrogen-bond donors (Lipinski definition) is 2. The molecule has 0 bridgehead atoms. The van der Waals surface area contributed by atoms with Crippen LogP contribution >= 0.6 is 0 Å². The highest BCUT2D eigenvalue weighted by Gasteiger charge is 2.37. The predicted molar refractivity (Wildman–Crippen MR) is 45.3 cm³/mol. The summed E-state index contributed by atoms with van der Waals surface area (Å²) in [5, 5.41) is 11.5. The quantitative estimate of drug-likeness (QED) is 0.641. The van der Waals surface area contributed by atoms with Gasteiger partial charge in [0.15, 0.2) is 12.0 Å². The lowest BCUT2D eigenvalue weighted by Gasteiger charge is -2.15. The Morgan fingerprint density at radius 2 is 2.29 bits per heavy atom. The topological polar surface area (TPSA) is 66.4 Å². The molecule has 0 saturated heterocycles. The van der Waals surface area contributed by atoms with Crippen molar-refractivity contribution in [2.75, 3.05) is 0 Å². The van der Waals surface area contributed by atoms with Crippen LogP contribution in [-0.4, -0.2) is 29.1 Å². The average Bonchev–Trinajstić information content (AvgIpc) is 2.56. The summed E-state index contributed by atoms with van der Waals surface area (Å²) >= 11 is 0. The van der Waals surface area contributed by atoms with Gasteiger partial charge in [-0.25, -0.2) is 9.18 Å². The Balaban J connectivity index is 2.19. The smallest absolute Gasteiger partial charge is 0.326 e. The van der Waals surface area contributed by atoms with Gasteiger partial charge in [0.2, 0.25) is 0 Å². The lowest BCUT2D eigenvalue weighted by atomic mass is 9.93. The van der Waals surface area contributed by atoms with Crippen molar-refractivity contribution in [1.82, 2.24) is 5.32 Å². The summed E-state index contributed by atoms with van der Waals surface area (Å²) in [6.45, 7) is 0. The maximum Gasteiger partial charge on any atom is 0.326 e. The second-order valence-corrected chi connectivity index (χ2v) is 3.57. The van der Waals surface area contributed by atoms with Gasteiger partial charge in [0, 0.05) is 17.7 Å². The van der Waals surface area contributed by atoms with E-state index in [0.29, 0.717) is 17.7 Å². The molecular weight excluding hydrogens is 189 g/mol. The minimum atomic E-state index is -1.44. The van der Waals surface area contributed by atoms with E-state index in [1.807, 2.05) is 0 Å². The Bertz CT molecular complexity index is 337. The number of halogens is 1. The van der Waals surface area contributed by atoms with Gasteiger partial charge in [-0.05, 0) is 12.8 Å². The third-order valence-corrected chi connectivity index (χ3v) is 2.65. The number of carbonyl (C=O) groups is 2. The highest BCUT2D eigenvalue weighted by atomic mass is 19.1. The maximum atomic E-state index is 13.0. The Kier molecular flexibility index (Phi) is 2.02. The van der Waals surface area contributed by atoms with Gasteiger partial charge in [-0.3, -0.25) is 4.79 Å². The molecule has 1 heterocycles. The van der Waals surface area contributed by atoms with Crippen molar-refractivity contribution < 1.29 is 19.1 Å². The molecule has 0 aromatic carbocycles. The van der Waals surface area contributed by atoms with E-state index in [1.165, 1.54) is 0 Å². The molecule has 2 unspecified atom stereocenters. The van der Waals surface area contributed by atoms with Crippen LogP contribution in [0.3, 0.4) is 0 Å². The molecule has 14 heavy (non-hydrogen) atoms. The first-order valence-corrected chi connectivity index (χ1v) is 4.49. The number of allylic oxidation sites excluding steroid dienone is 1. The SMILES string of the molecule is O=C1C2=C(CCC1F)NC(C(=O)O)C2. The summed E-state index contributed by atoms with van der Waals surface area (Å²) in [4.78, 5) is 21.9. The van der Waals surface area contributed by atoms with Crippen LogP contribution in [0.2, 0.25) is 0 Å². The van der Waals surface area contributed by atoms with Gasteiger partial charge in [-0.2, -0.15) is 0 Å². The first-order chi connectivity index (χ1) is 6.59. The fourth-order valence-corrected chi connectivity index (χ4v) is 1.89. The molecule has 2 rings (SSSR count). The minimum absolute atomic E-state index is 0.115. The number of nitrogens with one attached hydrogen (secondary N) is 1. The molecule has 0 aromatic heterocycles. The van der Waals surface area contributed by atoms with E-state index < -0.39 is 24.0 Å². The average molecular weight is 199 g/mol. The first-order valence-electron chi connectivity index (χ1n) is 4.49. The van der Waals surface area contributed by atoms with E-state index in [0.717, 1.165) is 0 Å². The summed E-state index contributed by atoms with van der Waals surface area (Å²) in [5.41, 5.74) is 0.965. The van der Waals surface area contributed by atoms with Crippen LogP contribution in [0.15, 0.2) is 11.3 Å². The third kappa shape index (κ3) is 1.29. The zero-order valence-electron chi connectivity index (χ0n) is 7.42. The molecule has 2 atom stereocenters. The second-order valence-electron chi connectivity index (χ2n) is 3.57. The molecule has 0 spiro atoms. The largest absolute Gasteiger partial charge is 0.480 e. The van der Waals surface area contributed by atoms with Gasteiger partial charge in [0.25, 0.3) is 0 Å². The van der Waals surface area contributed by atoms with Gasteiger partial charge >= 0.3 is 5.97 Å².